The van der Waals surface area contributed by atoms with E-state index < -0.39 is 5.66 Å². The molecule has 28 heavy (non-hydrogen) atoms. The Kier molecular flexibility index (Phi) is 6.54. The molecule has 0 saturated carbocycles. The van der Waals surface area contributed by atoms with E-state index in [1.807, 2.05) is 53.4 Å². The Morgan fingerprint density at radius 3 is 2.36 bits per heavy atom. The largest absolute Gasteiger partial charge is 0.491 e. The third-order valence-corrected chi connectivity index (χ3v) is 5.12. The number of nitrogens with zero attached hydrogens (tertiary/aromatic N) is 1. The van der Waals surface area contributed by atoms with Crippen molar-refractivity contribution in [1.29, 1.82) is 0 Å². The van der Waals surface area contributed by atoms with E-state index in [4.69, 9.17) is 14.2 Å². The maximum Gasteiger partial charge on any atom is 0.258 e. The van der Waals surface area contributed by atoms with Gasteiger partial charge in [0.05, 0.1) is 18.8 Å². The predicted molar refractivity (Wildman–Crippen MR) is 109 cm³/mol. The molecule has 0 radical (unpaired) electrons. The predicted octanol–water partition coefficient (Wildman–Crippen LogP) is 3.49. The first-order chi connectivity index (χ1) is 13.7. The summed E-state index contributed by atoms with van der Waals surface area (Å²) < 4.78 is 16.0. The van der Waals surface area contributed by atoms with E-state index in [0.29, 0.717) is 38.3 Å². The smallest absolute Gasteiger partial charge is 0.258 e. The number of hydrogen-bond donors (Lipinski definition) is 1. The van der Waals surface area contributed by atoms with Crippen LogP contribution >= 0.6 is 0 Å². The average molecular weight is 384 g/mol. The number of fused-ring (bicyclic) bond motifs is 1. The van der Waals surface area contributed by atoms with Gasteiger partial charge < -0.3 is 24.4 Å². The van der Waals surface area contributed by atoms with Gasteiger partial charge in [0, 0.05) is 26.5 Å². The van der Waals surface area contributed by atoms with Crippen molar-refractivity contribution in [3.8, 4) is 5.75 Å². The molecular weight excluding hydrogens is 356 g/mol. The molecule has 1 heterocycles. The monoisotopic (exact) mass is 384 g/mol. The van der Waals surface area contributed by atoms with Crippen molar-refractivity contribution in [2.45, 2.75) is 19.0 Å². The van der Waals surface area contributed by atoms with Crippen molar-refractivity contribution in [3.63, 3.8) is 0 Å². The van der Waals surface area contributed by atoms with Gasteiger partial charge in [0.25, 0.3) is 5.91 Å². The van der Waals surface area contributed by atoms with E-state index in [2.05, 4.69) is 12.2 Å². The second-order valence-corrected chi connectivity index (χ2v) is 6.70. The maximum atomic E-state index is 13.3. The normalized spacial score (nSPS) is 18.5. The van der Waals surface area contributed by atoms with Crippen LogP contribution in [0.3, 0.4) is 0 Å². The molecule has 0 saturated heterocycles. The van der Waals surface area contributed by atoms with Gasteiger partial charge in [0.1, 0.15) is 18.0 Å². The standard InChI is InChI=1S/C22H28N2O4/c1-4-22(17-9-11-18(12-10-17)28-16-15-27-3)23-20-8-6-5-7-19(20)21(25)24(22)13-14-26-2/h5-12,23H,4,13-16H2,1-3H3. The fourth-order valence-corrected chi connectivity index (χ4v) is 3.64. The van der Waals surface area contributed by atoms with Gasteiger partial charge in [0.2, 0.25) is 0 Å². The van der Waals surface area contributed by atoms with Crippen LogP contribution in [0, 0.1) is 0 Å². The molecule has 0 aromatic heterocycles. The van der Waals surface area contributed by atoms with E-state index >= 15 is 0 Å². The second kappa shape index (κ2) is 9.08. The van der Waals surface area contributed by atoms with Crippen molar-refractivity contribution in [1.82, 2.24) is 4.90 Å². The lowest BCUT2D eigenvalue weighted by Gasteiger charge is -2.48. The first-order valence-electron chi connectivity index (χ1n) is 9.56. The number of para-hydroxylation sites is 1. The second-order valence-electron chi connectivity index (χ2n) is 6.70. The minimum absolute atomic E-state index is 0.00803. The molecule has 1 aliphatic heterocycles. The number of benzene rings is 2. The van der Waals surface area contributed by atoms with Crippen molar-refractivity contribution >= 4 is 11.6 Å². The number of rotatable bonds is 9. The van der Waals surface area contributed by atoms with Crippen molar-refractivity contribution in [3.05, 3.63) is 59.7 Å². The molecule has 1 amide bonds. The van der Waals surface area contributed by atoms with E-state index in [9.17, 15) is 4.79 Å². The molecule has 2 aromatic rings. The highest BCUT2D eigenvalue weighted by Crippen LogP contribution is 2.40. The number of ether oxygens (including phenoxy) is 3. The Balaban J connectivity index is 1.97. The molecule has 2 aromatic carbocycles. The van der Waals surface area contributed by atoms with Gasteiger partial charge in [-0.05, 0) is 36.2 Å². The van der Waals surface area contributed by atoms with Crippen LogP contribution in [0.1, 0.15) is 29.3 Å². The van der Waals surface area contributed by atoms with Crippen LogP contribution in [0.5, 0.6) is 5.75 Å². The van der Waals surface area contributed by atoms with E-state index in [1.54, 1.807) is 14.2 Å². The molecule has 150 valence electrons. The quantitative estimate of drug-likeness (QED) is 0.671. The minimum Gasteiger partial charge on any atom is -0.491 e. The van der Waals surface area contributed by atoms with Crippen LogP contribution in [0.2, 0.25) is 0 Å². The zero-order valence-electron chi connectivity index (χ0n) is 16.7. The number of hydrogen-bond acceptors (Lipinski definition) is 5. The van der Waals surface area contributed by atoms with Gasteiger partial charge in [0.15, 0.2) is 0 Å². The van der Waals surface area contributed by atoms with Crippen LogP contribution in [0.15, 0.2) is 48.5 Å². The number of methoxy groups -OCH3 is 2. The minimum atomic E-state index is -0.644. The fourth-order valence-electron chi connectivity index (χ4n) is 3.64. The molecule has 1 aliphatic rings. The highest BCUT2D eigenvalue weighted by atomic mass is 16.5. The number of amides is 1. The summed E-state index contributed by atoms with van der Waals surface area (Å²) in [5.74, 6) is 0.784. The molecular formula is C22H28N2O4. The topological polar surface area (TPSA) is 60.0 Å². The van der Waals surface area contributed by atoms with Crippen LogP contribution in [0.4, 0.5) is 5.69 Å². The number of carbonyl (C=O) groups excluding carboxylic acids is 1. The first kappa shape index (κ1) is 20.2. The summed E-state index contributed by atoms with van der Waals surface area (Å²) in [6, 6.07) is 15.5. The summed E-state index contributed by atoms with van der Waals surface area (Å²) in [5.41, 5.74) is 1.90. The lowest BCUT2D eigenvalue weighted by Crippen LogP contribution is -2.58. The van der Waals surface area contributed by atoms with Gasteiger partial charge in [-0.15, -0.1) is 0 Å². The summed E-state index contributed by atoms with van der Waals surface area (Å²) in [6.45, 7) is 4.08. The third-order valence-electron chi connectivity index (χ3n) is 5.12. The molecule has 6 heteroatoms. The van der Waals surface area contributed by atoms with E-state index in [0.717, 1.165) is 17.0 Å². The SMILES string of the molecule is CCC1(c2ccc(OCCOC)cc2)Nc2ccccc2C(=O)N1CCOC. The zero-order chi connectivity index (χ0) is 20.0. The molecule has 0 spiro atoms. The van der Waals surface area contributed by atoms with Crippen LogP contribution in [-0.4, -0.2) is 51.4 Å². The van der Waals surface area contributed by atoms with Crippen molar-refractivity contribution in [2.75, 3.05) is 45.9 Å². The lowest BCUT2D eigenvalue weighted by molar-refractivity contribution is 0.0381. The molecule has 0 fully saturated rings. The van der Waals surface area contributed by atoms with Crippen molar-refractivity contribution < 1.29 is 19.0 Å². The number of carbonyl (C=O) groups is 1. The van der Waals surface area contributed by atoms with E-state index in [1.165, 1.54) is 0 Å². The van der Waals surface area contributed by atoms with Crippen molar-refractivity contribution in [2.24, 2.45) is 0 Å². The van der Waals surface area contributed by atoms with Crippen LogP contribution in [0.25, 0.3) is 0 Å². The van der Waals surface area contributed by atoms with Gasteiger partial charge in [-0.3, -0.25) is 4.79 Å². The van der Waals surface area contributed by atoms with Gasteiger partial charge in [-0.2, -0.15) is 0 Å². The summed E-state index contributed by atoms with van der Waals surface area (Å²) >= 11 is 0. The van der Waals surface area contributed by atoms with Crippen LogP contribution in [-0.2, 0) is 15.1 Å². The average Bonchev–Trinajstić information content (AvgIpc) is 2.73. The third kappa shape index (κ3) is 3.84. The molecule has 6 nitrogen and oxygen atoms in total. The Morgan fingerprint density at radius 1 is 0.964 bits per heavy atom. The number of anilines is 1. The fraction of sp³-hybridized carbons (Fsp3) is 0.409. The summed E-state index contributed by atoms with van der Waals surface area (Å²) in [6.07, 6.45) is 0.709. The highest BCUT2D eigenvalue weighted by molar-refractivity contribution is 6.02. The molecule has 1 atom stereocenters. The molecule has 0 aliphatic carbocycles. The number of nitrogens with one attached hydrogen (secondary N) is 1. The molecule has 0 bridgehead atoms. The van der Waals surface area contributed by atoms with Gasteiger partial charge >= 0.3 is 0 Å². The van der Waals surface area contributed by atoms with Gasteiger partial charge in [-0.25, -0.2) is 0 Å². The Hall–Kier alpha value is -2.57. The molecule has 1 N–H and O–H groups in total. The Morgan fingerprint density at radius 2 is 1.68 bits per heavy atom. The molecule has 3 rings (SSSR count). The molecule has 1 unspecified atom stereocenters. The lowest BCUT2D eigenvalue weighted by atomic mass is 9.89. The summed E-state index contributed by atoms with van der Waals surface area (Å²) in [7, 11) is 3.30. The zero-order valence-corrected chi connectivity index (χ0v) is 16.7. The Labute approximate surface area is 166 Å². The summed E-state index contributed by atoms with van der Waals surface area (Å²) in [4.78, 5) is 15.2. The van der Waals surface area contributed by atoms with Gasteiger partial charge in [-0.1, -0.05) is 31.2 Å². The highest BCUT2D eigenvalue weighted by Gasteiger charge is 2.44. The summed E-state index contributed by atoms with van der Waals surface area (Å²) in [5, 5.41) is 3.63. The van der Waals surface area contributed by atoms with E-state index in [-0.39, 0.29) is 5.91 Å². The Bertz CT molecular complexity index is 793. The van der Waals surface area contributed by atoms with Crippen LogP contribution < -0.4 is 10.1 Å². The maximum absolute atomic E-state index is 13.3. The first-order valence-corrected chi connectivity index (χ1v) is 9.56.